The van der Waals surface area contributed by atoms with Gasteiger partial charge in [0, 0.05) is 19.8 Å². The molecule has 104 valence electrons. The fourth-order valence-corrected chi connectivity index (χ4v) is 2.37. The largest absolute Gasteiger partial charge is 0.378 e. The van der Waals surface area contributed by atoms with Gasteiger partial charge in [0.25, 0.3) is 0 Å². The highest BCUT2D eigenvalue weighted by Crippen LogP contribution is 2.26. The maximum atomic E-state index is 11.6. The summed E-state index contributed by atoms with van der Waals surface area (Å²) < 4.78 is 0. The first-order chi connectivity index (χ1) is 9.55. The maximum absolute atomic E-state index is 11.6. The molecule has 2 heteroatoms. The van der Waals surface area contributed by atoms with Crippen molar-refractivity contribution in [2.24, 2.45) is 0 Å². The van der Waals surface area contributed by atoms with Crippen LogP contribution < -0.4 is 4.90 Å². The third-order valence-corrected chi connectivity index (χ3v) is 3.72. The Morgan fingerprint density at radius 3 is 2.10 bits per heavy atom. The topological polar surface area (TPSA) is 20.3 Å². The fraction of sp³-hybridized carbons (Fsp3) is 0.278. The number of benzene rings is 2. The fourth-order valence-electron chi connectivity index (χ4n) is 2.37. The molecule has 0 aliphatic rings. The molecule has 0 fully saturated rings. The molecular weight excluding hydrogens is 246 g/mol. The number of nitrogens with zero attached hydrogens (tertiary/aromatic N) is 1. The molecule has 0 saturated carbocycles. The van der Waals surface area contributed by atoms with Gasteiger partial charge < -0.3 is 9.69 Å². The number of hydrogen-bond donors (Lipinski definition) is 0. The van der Waals surface area contributed by atoms with Crippen molar-refractivity contribution in [3.05, 3.63) is 65.7 Å². The number of hydrogen-bond acceptors (Lipinski definition) is 2. The summed E-state index contributed by atoms with van der Waals surface area (Å²) in [5.41, 5.74) is 2.93. The van der Waals surface area contributed by atoms with E-state index in [1.165, 1.54) is 11.3 Å². The SMILES string of the molecule is CN(C)c1ccc(CC(C)(C=O)c2ccccc2)cc1. The van der Waals surface area contributed by atoms with Gasteiger partial charge in [-0.25, -0.2) is 0 Å². The van der Waals surface area contributed by atoms with E-state index in [1.807, 2.05) is 51.4 Å². The van der Waals surface area contributed by atoms with Crippen molar-refractivity contribution >= 4 is 12.0 Å². The van der Waals surface area contributed by atoms with Crippen molar-refractivity contribution < 1.29 is 4.79 Å². The summed E-state index contributed by atoms with van der Waals surface area (Å²) in [4.78, 5) is 13.7. The summed E-state index contributed by atoms with van der Waals surface area (Å²) >= 11 is 0. The lowest BCUT2D eigenvalue weighted by atomic mass is 9.78. The average Bonchev–Trinajstić information content (AvgIpc) is 2.48. The second-order valence-electron chi connectivity index (χ2n) is 5.64. The van der Waals surface area contributed by atoms with Crippen molar-refractivity contribution in [1.29, 1.82) is 0 Å². The van der Waals surface area contributed by atoms with Crippen LogP contribution in [0.1, 0.15) is 18.1 Å². The smallest absolute Gasteiger partial charge is 0.130 e. The second kappa shape index (κ2) is 5.91. The highest BCUT2D eigenvalue weighted by atomic mass is 16.1. The highest BCUT2D eigenvalue weighted by Gasteiger charge is 2.26. The van der Waals surface area contributed by atoms with Gasteiger partial charge in [-0.3, -0.25) is 0 Å². The summed E-state index contributed by atoms with van der Waals surface area (Å²) in [7, 11) is 4.04. The lowest BCUT2D eigenvalue weighted by Gasteiger charge is -2.24. The average molecular weight is 267 g/mol. The van der Waals surface area contributed by atoms with Gasteiger partial charge in [-0.2, -0.15) is 0 Å². The second-order valence-corrected chi connectivity index (χ2v) is 5.64. The highest BCUT2D eigenvalue weighted by molar-refractivity contribution is 5.68. The molecule has 0 spiro atoms. The minimum absolute atomic E-state index is 0.471. The quantitative estimate of drug-likeness (QED) is 0.773. The first-order valence-electron chi connectivity index (χ1n) is 6.83. The summed E-state index contributed by atoms with van der Waals surface area (Å²) in [6.45, 7) is 2.00. The Bertz CT molecular complexity index is 560. The molecule has 0 aliphatic carbocycles. The van der Waals surface area contributed by atoms with E-state index in [2.05, 4.69) is 29.2 Å². The standard InChI is InChI=1S/C18H21NO/c1-18(14-20,16-7-5-4-6-8-16)13-15-9-11-17(12-10-15)19(2)3/h4-12,14H,13H2,1-3H3. The first kappa shape index (κ1) is 14.3. The maximum Gasteiger partial charge on any atom is 0.130 e. The Morgan fingerprint density at radius 2 is 1.60 bits per heavy atom. The van der Waals surface area contributed by atoms with E-state index in [0.717, 1.165) is 11.8 Å². The molecule has 0 amide bonds. The summed E-state index contributed by atoms with van der Waals surface area (Å²) in [6.07, 6.45) is 1.77. The summed E-state index contributed by atoms with van der Waals surface area (Å²) in [5, 5.41) is 0. The van der Waals surface area contributed by atoms with E-state index in [0.29, 0.717) is 6.42 Å². The molecule has 2 aromatic rings. The van der Waals surface area contributed by atoms with Crippen molar-refractivity contribution in [3.63, 3.8) is 0 Å². The molecule has 0 radical (unpaired) electrons. The monoisotopic (exact) mass is 267 g/mol. The third-order valence-electron chi connectivity index (χ3n) is 3.72. The van der Waals surface area contributed by atoms with Crippen LogP contribution in [0.25, 0.3) is 0 Å². The zero-order valence-electron chi connectivity index (χ0n) is 12.3. The van der Waals surface area contributed by atoms with Crippen LogP contribution in [-0.2, 0) is 16.6 Å². The number of anilines is 1. The van der Waals surface area contributed by atoms with Crippen LogP contribution in [0.4, 0.5) is 5.69 Å². The predicted molar refractivity (Wildman–Crippen MR) is 84.3 cm³/mol. The van der Waals surface area contributed by atoms with Crippen LogP contribution in [0.3, 0.4) is 0 Å². The zero-order valence-corrected chi connectivity index (χ0v) is 12.3. The van der Waals surface area contributed by atoms with Gasteiger partial charge in [-0.1, -0.05) is 42.5 Å². The van der Waals surface area contributed by atoms with E-state index in [4.69, 9.17) is 0 Å². The van der Waals surface area contributed by atoms with Crippen LogP contribution in [0, 0.1) is 0 Å². The molecule has 0 aromatic heterocycles. The van der Waals surface area contributed by atoms with E-state index in [1.54, 1.807) is 0 Å². The van der Waals surface area contributed by atoms with Gasteiger partial charge >= 0.3 is 0 Å². The van der Waals surface area contributed by atoms with Gasteiger partial charge in [0.15, 0.2) is 0 Å². The van der Waals surface area contributed by atoms with Crippen LogP contribution in [0.5, 0.6) is 0 Å². The third kappa shape index (κ3) is 3.08. The molecule has 2 nitrogen and oxygen atoms in total. The minimum Gasteiger partial charge on any atom is -0.378 e. The van der Waals surface area contributed by atoms with Crippen molar-refractivity contribution in [2.75, 3.05) is 19.0 Å². The van der Waals surface area contributed by atoms with Crippen molar-refractivity contribution in [1.82, 2.24) is 0 Å². The zero-order chi connectivity index (χ0) is 14.6. The number of aldehydes is 1. The molecule has 0 N–H and O–H groups in total. The van der Waals surface area contributed by atoms with E-state index < -0.39 is 5.41 Å². The van der Waals surface area contributed by atoms with Crippen molar-refractivity contribution in [3.8, 4) is 0 Å². The number of carbonyl (C=O) groups excluding carboxylic acids is 1. The lowest BCUT2D eigenvalue weighted by Crippen LogP contribution is -2.26. The van der Waals surface area contributed by atoms with Gasteiger partial charge in [-0.05, 0) is 36.6 Å². The van der Waals surface area contributed by atoms with Gasteiger partial charge in [0.2, 0.25) is 0 Å². The van der Waals surface area contributed by atoms with Gasteiger partial charge in [-0.15, -0.1) is 0 Å². The molecule has 0 bridgehead atoms. The molecule has 1 atom stereocenters. The van der Waals surface area contributed by atoms with Gasteiger partial charge in [0.1, 0.15) is 6.29 Å². The van der Waals surface area contributed by atoms with E-state index >= 15 is 0 Å². The Hall–Kier alpha value is -2.09. The molecule has 2 rings (SSSR count). The Balaban J connectivity index is 2.24. The Morgan fingerprint density at radius 1 is 1.00 bits per heavy atom. The Kier molecular flexibility index (Phi) is 4.23. The van der Waals surface area contributed by atoms with Crippen molar-refractivity contribution in [2.45, 2.75) is 18.8 Å². The minimum atomic E-state index is -0.471. The molecule has 0 saturated heterocycles. The molecular formula is C18H21NO. The first-order valence-corrected chi connectivity index (χ1v) is 6.83. The lowest BCUT2D eigenvalue weighted by molar-refractivity contribution is -0.112. The van der Waals surface area contributed by atoms with Gasteiger partial charge in [0.05, 0.1) is 5.41 Å². The van der Waals surface area contributed by atoms with E-state index in [-0.39, 0.29) is 0 Å². The molecule has 20 heavy (non-hydrogen) atoms. The summed E-state index contributed by atoms with van der Waals surface area (Å²) in [6, 6.07) is 18.3. The van der Waals surface area contributed by atoms with Crippen LogP contribution in [-0.4, -0.2) is 20.4 Å². The van der Waals surface area contributed by atoms with Crippen LogP contribution >= 0.6 is 0 Å². The normalized spacial score (nSPS) is 13.6. The number of carbonyl (C=O) groups is 1. The van der Waals surface area contributed by atoms with Crippen LogP contribution in [0.15, 0.2) is 54.6 Å². The molecule has 0 heterocycles. The predicted octanol–water partition coefficient (Wildman–Crippen LogP) is 3.45. The van der Waals surface area contributed by atoms with Crippen LogP contribution in [0.2, 0.25) is 0 Å². The summed E-state index contributed by atoms with van der Waals surface area (Å²) in [5.74, 6) is 0. The molecule has 0 aliphatic heterocycles. The number of rotatable bonds is 5. The Labute approximate surface area is 121 Å². The van der Waals surface area contributed by atoms with E-state index in [9.17, 15) is 4.79 Å². The molecule has 1 unspecified atom stereocenters. The molecule has 2 aromatic carbocycles.